The van der Waals surface area contributed by atoms with Crippen LogP contribution < -0.4 is 11.1 Å². The van der Waals surface area contributed by atoms with Crippen LogP contribution in [0.3, 0.4) is 0 Å². The maximum Gasteiger partial charge on any atom is 0.223 e. The molecule has 0 unspecified atom stereocenters. The summed E-state index contributed by atoms with van der Waals surface area (Å²) in [6.07, 6.45) is 3.20. The van der Waals surface area contributed by atoms with Crippen molar-refractivity contribution in [1.82, 2.24) is 10.3 Å². The van der Waals surface area contributed by atoms with Crippen molar-refractivity contribution in [2.45, 2.75) is 32.7 Å². The zero-order valence-electron chi connectivity index (χ0n) is 10.9. The van der Waals surface area contributed by atoms with Gasteiger partial charge in [0.05, 0.1) is 17.7 Å². The molecule has 110 valence electrons. The Hall–Kier alpha value is -0.360. The van der Waals surface area contributed by atoms with E-state index in [1.165, 1.54) is 0 Å². The number of aryl methyl sites for hydroxylation is 1. The number of amides is 1. The van der Waals surface area contributed by atoms with Gasteiger partial charge in [-0.1, -0.05) is 6.42 Å². The molecule has 1 heterocycles. The lowest BCUT2D eigenvalue weighted by Crippen LogP contribution is -2.34. The number of rotatable bonds is 4. The second-order valence-corrected chi connectivity index (χ2v) is 5.55. The van der Waals surface area contributed by atoms with E-state index in [0.29, 0.717) is 19.0 Å². The molecule has 1 aliphatic rings. The number of carbonyl (C=O) groups is 1. The van der Waals surface area contributed by atoms with Gasteiger partial charge in [-0.05, 0) is 32.2 Å². The number of halogens is 2. The average Bonchev–Trinajstić information content (AvgIpc) is 2.94. The van der Waals surface area contributed by atoms with Gasteiger partial charge < -0.3 is 11.1 Å². The summed E-state index contributed by atoms with van der Waals surface area (Å²) in [4.78, 5) is 17.3. The van der Waals surface area contributed by atoms with Gasteiger partial charge in [0.1, 0.15) is 0 Å². The first-order valence-corrected chi connectivity index (χ1v) is 6.97. The first-order chi connectivity index (χ1) is 8.22. The molecule has 2 atom stereocenters. The maximum absolute atomic E-state index is 12.0. The minimum absolute atomic E-state index is 0. The number of hydrogen-bond donors (Lipinski definition) is 2. The molecule has 0 spiro atoms. The molecule has 1 fully saturated rings. The average molecular weight is 326 g/mol. The Kier molecular flexibility index (Phi) is 8.57. The SMILES string of the molecule is Cc1ncsc1CNC(=O)[C@@H]1CCC[C@@H]1CN.Cl.Cl. The molecule has 1 aliphatic carbocycles. The van der Waals surface area contributed by atoms with E-state index in [0.717, 1.165) is 29.8 Å². The van der Waals surface area contributed by atoms with Crippen molar-refractivity contribution < 1.29 is 4.79 Å². The first kappa shape index (κ1) is 18.6. The number of hydrogen-bond acceptors (Lipinski definition) is 4. The van der Waals surface area contributed by atoms with Crippen molar-refractivity contribution in [3.63, 3.8) is 0 Å². The van der Waals surface area contributed by atoms with Gasteiger partial charge in [0.2, 0.25) is 5.91 Å². The van der Waals surface area contributed by atoms with Crippen LogP contribution in [0, 0.1) is 18.8 Å². The summed E-state index contributed by atoms with van der Waals surface area (Å²) in [6, 6.07) is 0. The molecule has 0 saturated heterocycles. The topological polar surface area (TPSA) is 68.0 Å². The molecule has 0 aromatic carbocycles. The van der Waals surface area contributed by atoms with Crippen LogP contribution in [0.25, 0.3) is 0 Å². The number of nitrogens with two attached hydrogens (primary N) is 1. The Bertz CT molecular complexity index is 400. The third-order valence-electron chi connectivity index (χ3n) is 3.57. The Morgan fingerprint density at radius 2 is 2.26 bits per heavy atom. The summed E-state index contributed by atoms with van der Waals surface area (Å²) in [7, 11) is 0. The van der Waals surface area contributed by atoms with E-state index in [-0.39, 0.29) is 36.6 Å². The highest BCUT2D eigenvalue weighted by molar-refractivity contribution is 7.09. The maximum atomic E-state index is 12.0. The number of carbonyl (C=O) groups excluding carboxylic acids is 1. The Labute approximate surface area is 130 Å². The molecular weight excluding hydrogens is 305 g/mol. The Morgan fingerprint density at radius 1 is 1.53 bits per heavy atom. The second-order valence-electron chi connectivity index (χ2n) is 4.61. The molecule has 0 radical (unpaired) electrons. The highest BCUT2D eigenvalue weighted by Crippen LogP contribution is 2.31. The van der Waals surface area contributed by atoms with E-state index in [1.54, 1.807) is 11.3 Å². The van der Waals surface area contributed by atoms with E-state index in [4.69, 9.17) is 5.73 Å². The smallest absolute Gasteiger partial charge is 0.223 e. The van der Waals surface area contributed by atoms with Crippen LogP contribution in [0.5, 0.6) is 0 Å². The largest absolute Gasteiger partial charge is 0.351 e. The molecule has 0 bridgehead atoms. The number of nitrogens with one attached hydrogen (secondary N) is 1. The molecular formula is C12H21Cl2N3OS. The lowest BCUT2D eigenvalue weighted by Gasteiger charge is -2.17. The predicted octanol–water partition coefficient (Wildman–Crippen LogP) is 2.29. The first-order valence-electron chi connectivity index (χ1n) is 6.09. The molecule has 1 saturated carbocycles. The highest BCUT2D eigenvalue weighted by Gasteiger charge is 2.31. The summed E-state index contributed by atoms with van der Waals surface area (Å²) >= 11 is 1.59. The van der Waals surface area contributed by atoms with E-state index in [2.05, 4.69) is 10.3 Å². The van der Waals surface area contributed by atoms with Gasteiger partial charge in [-0.2, -0.15) is 0 Å². The number of thiazole rings is 1. The highest BCUT2D eigenvalue weighted by atomic mass is 35.5. The van der Waals surface area contributed by atoms with Crippen LogP contribution in [0.1, 0.15) is 29.8 Å². The van der Waals surface area contributed by atoms with Crippen LogP contribution in [0.4, 0.5) is 0 Å². The van der Waals surface area contributed by atoms with Crippen molar-refractivity contribution in [2.24, 2.45) is 17.6 Å². The van der Waals surface area contributed by atoms with E-state index in [1.807, 2.05) is 12.4 Å². The molecule has 1 amide bonds. The van der Waals surface area contributed by atoms with E-state index in [9.17, 15) is 4.79 Å². The zero-order valence-corrected chi connectivity index (χ0v) is 13.4. The molecule has 7 heteroatoms. The molecule has 1 aromatic heterocycles. The number of nitrogens with zero attached hydrogens (tertiary/aromatic N) is 1. The molecule has 3 N–H and O–H groups in total. The van der Waals surface area contributed by atoms with Gasteiger partial charge in [-0.25, -0.2) is 4.98 Å². The zero-order chi connectivity index (χ0) is 12.3. The van der Waals surface area contributed by atoms with Gasteiger partial charge >= 0.3 is 0 Å². The van der Waals surface area contributed by atoms with Crippen molar-refractivity contribution in [2.75, 3.05) is 6.54 Å². The molecule has 2 rings (SSSR count). The van der Waals surface area contributed by atoms with Crippen LogP contribution in [-0.2, 0) is 11.3 Å². The lowest BCUT2D eigenvalue weighted by molar-refractivity contribution is -0.126. The number of aromatic nitrogens is 1. The third kappa shape index (κ3) is 4.60. The fraction of sp³-hybridized carbons (Fsp3) is 0.667. The monoisotopic (exact) mass is 325 g/mol. The second kappa shape index (κ2) is 8.74. The van der Waals surface area contributed by atoms with Gasteiger partial charge in [0.15, 0.2) is 0 Å². The Balaban J connectivity index is 0.00000162. The summed E-state index contributed by atoms with van der Waals surface area (Å²) in [5, 5.41) is 3.01. The van der Waals surface area contributed by atoms with Crippen molar-refractivity contribution in [3.05, 3.63) is 16.1 Å². The molecule has 1 aromatic rings. The van der Waals surface area contributed by atoms with Crippen molar-refractivity contribution in [1.29, 1.82) is 0 Å². The van der Waals surface area contributed by atoms with Crippen LogP contribution in [0.15, 0.2) is 5.51 Å². The van der Waals surface area contributed by atoms with Crippen molar-refractivity contribution >= 4 is 42.1 Å². The minimum Gasteiger partial charge on any atom is -0.351 e. The quantitative estimate of drug-likeness (QED) is 0.892. The lowest BCUT2D eigenvalue weighted by atomic mass is 9.95. The summed E-state index contributed by atoms with van der Waals surface area (Å²) in [5.41, 5.74) is 8.51. The normalized spacial score (nSPS) is 21.4. The van der Waals surface area contributed by atoms with Gasteiger partial charge in [0.25, 0.3) is 0 Å². The fourth-order valence-electron chi connectivity index (χ4n) is 2.46. The van der Waals surface area contributed by atoms with Crippen LogP contribution in [-0.4, -0.2) is 17.4 Å². The van der Waals surface area contributed by atoms with Gasteiger partial charge in [-0.15, -0.1) is 36.2 Å². The standard InChI is InChI=1S/C12H19N3OS.2ClH/c1-8-11(17-7-15-8)6-14-12(16)10-4-2-3-9(10)5-13;;/h7,9-10H,2-6,13H2,1H3,(H,14,16);2*1H/t9-,10-;;/m1../s1. The summed E-state index contributed by atoms with van der Waals surface area (Å²) in [5.74, 6) is 0.650. The predicted molar refractivity (Wildman–Crippen MR) is 83.1 cm³/mol. The van der Waals surface area contributed by atoms with E-state index < -0.39 is 0 Å². The van der Waals surface area contributed by atoms with Crippen LogP contribution in [0.2, 0.25) is 0 Å². The molecule has 19 heavy (non-hydrogen) atoms. The fourth-order valence-corrected chi connectivity index (χ4v) is 3.18. The summed E-state index contributed by atoms with van der Waals surface area (Å²) < 4.78 is 0. The van der Waals surface area contributed by atoms with Crippen LogP contribution >= 0.6 is 36.2 Å². The minimum atomic E-state index is 0. The Morgan fingerprint density at radius 3 is 2.84 bits per heavy atom. The van der Waals surface area contributed by atoms with Gasteiger partial charge in [-0.3, -0.25) is 4.79 Å². The molecule has 4 nitrogen and oxygen atoms in total. The van der Waals surface area contributed by atoms with Crippen molar-refractivity contribution in [3.8, 4) is 0 Å². The molecule has 0 aliphatic heterocycles. The third-order valence-corrected chi connectivity index (χ3v) is 4.50. The van der Waals surface area contributed by atoms with Gasteiger partial charge in [0, 0.05) is 10.8 Å². The van der Waals surface area contributed by atoms with E-state index >= 15 is 0 Å². The summed E-state index contributed by atoms with van der Waals surface area (Å²) in [6.45, 7) is 3.19.